The fourth-order valence-electron chi connectivity index (χ4n) is 5.77. The Bertz CT molecular complexity index is 1430. The van der Waals surface area contributed by atoms with Gasteiger partial charge in [-0.1, -0.05) is 30.3 Å². The van der Waals surface area contributed by atoms with Crippen molar-refractivity contribution < 1.29 is 14.3 Å². The van der Waals surface area contributed by atoms with Crippen LogP contribution in [0.2, 0.25) is 0 Å². The maximum atomic E-state index is 13.3. The van der Waals surface area contributed by atoms with Crippen molar-refractivity contribution in [2.75, 3.05) is 6.54 Å². The summed E-state index contributed by atoms with van der Waals surface area (Å²) in [5.41, 5.74) is 5.27. The van der Waals surface area contributed by atoms with Gasteiger partial charge in [-0.15, -0.1) is 0 Å². The molecule has 8 heteroatoms. The predicted octanol–water partition coefficient (Wildman–Crippen LogP) is 5.51. The molecule has 0 bridgehead atoms. The van der Waals surface area contributed by atoms with Crippen LogP contribution in [0.1, 0.15) is 76.6 Å². The van der Waals surface area contributed by atoms with Crippen molar-refractivity contribution in [3.05, 3.63) is 101 Å². The van der Waals surface area contributed by atoms with Gasteiger partial charge in [-0.05, 0) is 85.7 Å². The molecule has 3 heterocycles. The monoisotopic (exact) mass is 497 g/mol. The number of carbonyl (C=O) groups is 1. The van der Waals surface area contributed by atoms with Crippen molar-refractivity contribution in [3.63, 3.8) is 0 Å². The van der Waals surface area contributed by atoms with Gasteiger partial charge < -0.3 is 5.11 Å². The van der Waals surface area contributed by atoms with E-state index in [9.17, 15) is 14.3 Å². The number of likely N-dealkylation sites (tertiary alicyclic amines) is 1. The first-order valence-electron chi connectivity index (χ1n) is 12.8. The number of nitrogens with zero attached hydrogens (tertiary/aromatic N) is 4. The van der Waals surface area contributed by atoms with Crippen LogP contribution in [0.4, 0.5) is 4.39 Å². The molecule has 2 atom stereocenters. The van der Waals surface area contributed by atoms with E-state index in [0.717, 1.165) is 61.4 Å². The summed E-state index contributed by atoms with van der Waals surface area (Å²) in [7, 11) is 0. The lowest BCUT2D eigenvalue weighted by molar-refractivity contribution is 0.0690. The number of halogens is 1. The maximum Gasteiger partial charge on any atom is 0.354 e. The summed E-state index contributed by atoms with van der Waals surface area (Å²) >= 11 is 0. The first kappa shape index (κ1) is 23.5. The van der Waals surface area contributed by atoms with E-state index in [1.165, 1.54) is 29.3 Å². The summed E-state index contributed by atoms with van der Waals surface area (Å²) in [6.07, 6.45) is 5.88. The molecule has 2 aliphatic rings. The zero-order valence-corrected chi connectivity index (χ0v) is 20.4. The highest BCUT2D eigenvalue weighted by Gasteiger charge is 2.37. The van der Waals surface area contributed by atoms with E-state index in [4.69, 9.17) is 4.98 Å². The van der Waals surface area contributed by atoms with Crippen molar-refractivity contribution in [2.45, 2.75) is 50.6 Å². The third-order valence-electron chi connectivity index (χ3n) is 7.52. The number of carboxylic acids is 1. The average molecular weight is 498 g/mol. The number of aromatic carboxylic acids is 1. The number of hydrogen-bond donors (Lipinski definition) is 2. The second kappa shape index (κ2) is 9.86. The lowest BCUT2D eigenvalue weighted by Gasteiger charge is -2.36. The van der Waals surface area contributed by atoms with E-state index in [0.29, 0.717) is 12.1 Å². The highest BCUT2D eigenvalue weighted by Crippen LogP contribution is 2.43. The Morgan fingerprint density at radius 3 is 2.70 bits per heavy atom. The number of nitrogens with one attached hydrogen (secondary N) is 1. The topological polar surface area (TPSA) is 95.0 Å². The summed E-state index contributed by atoms with van der Waals surface area (Å²) < 4.78 is 13.3. The van der Waals surface area contributed by atoms with E-state index < -0.39 is 5.97 Å². The molecule has 2 aromatic carbocycles. The summed E-state index contributed by atoms with van der Waals surface area (Å²) in [6, 6.07) is 18.4. The van der Waals surface area contributed by atoms with Gasteiger partial charge in [-0.3, -0.25) is 10.00 Å². The minimum atomic E-state index is -1.03. The molecule has 0 amide bonds. The summed E-state index contributed by atoms with van der Waals surface area (Å²) in [5.74, 6) is 0.325. The van der Waals surface area contributed by atoms with Crippen LogP contribution in [0, 0.1) is 5.82 Å². The number of carboxylic acid groups (broad SMARTS) is 1. The number of fused-ring (bicyclic) bond motifs is 1. The fourth-order valence-corrected chi connectivity index (χ4v) is 5.77. The Labute approximate surface area is 214 Å². The lowest BCUT2D eigenvalue weighted by atomic mass is 9.85. The number of aryl methyl sites for hydroxylation is 1. The molecule has 0 saturated carbocycles. The first-order chi connectivity index (χ1) is 18.0. The molecule has 0 radical (unpaired) electrons. The largest absolute Gasteiger partial charge is 0.477 e. The number of pyridine rings is 1. The van der Waals surface area contributed by atoms with Gasteiger partial charge in [0, 0.05) is 18.0 Å². The highest BCUT2D eigenvalue weighted by atomic mass is 19.1. The number of benzene rings is 2. The van der Waals surface area contributed by atoms with Crippen LogP contribution in [-0.2, 0) is 12.8 Å². The molecule has 6 rings (SSSR count). The average Bonchev–Trinajstić information content (AvgIpc) is 3.59. The molecule has 2 aromatic heterocycles. The molecule has 2 N–H and O–H groups in total. The van der Waals surface area contributed by atoms with Gasteiger partial charge in [0.15, 0.2) is 5.82 Å². The van der Waals surface area contributed by atoms with Crippen molar-refractivity contribution >= 4 is 5.97 Å². The van der Waals surface area contributed by atoms with E-state index in [1.54, 1.807) is 18.2 Å². The summed E-state index contributed by atoms with van der Waals surface area (Å²) in [6.45, 7) is 0.980. The van der Waals surface area contributed by atoms with Gasteiger partial charge >= 0.3 is 5.97 Å². The van der Waals surface area contributed by atoms with Crippen LogP contribution in [0.5, 0.6) is 0 Å². The van der Waals surface area contributed by atoms with Crippen molar-refractivity contribution in [3.8, 4) is 11.3 Å². The zero-order chi connectivity index (χ0) is 25.4. The van der Waals surface area contributed by atoms with Crippen LogP contribution in [0.25, 0.3) is 11.3 Å². The van der Waals surface area contributed by atoms with E-state index in [-0.39, 0.29) is 23.6 Å². The highest BCUT2D eigenvalue weighted by molar-refractivity contribution is 5.86. The maximum absolute atomic E-state index is 13.3. The second-order valence-electron chi connectivity index (χ2n) is 9.87. The minimum Gasteiger partial charge on any atom is -0.477 e. The second-order valence-corrected chi connectivity index (χ2v) is 9.87. The SMILES string of the molecule is O=C(O)c1cccc(-c2ccc3c(c2)[C@H](N2CCC[C@H]2c2n[nH]c(Cc4ccc(F)cc4)n2)CCC3)n1. The Morgan fingerprint density at radius 1 is 1.03 bits per heavy atom. The Morgan fingerprint density at radius 2 is 1.86 bits per heavy atom. The van der Waals surface area contributed by atoms with Crippen LogP contribution in [0.3, 0.4) is 0 Å². The molecule has 4 aromatic rings. The first-order valence-corrected chi connectivity index (χ1v) is 12.8. The lowest BCUT2D eigenvalue weighted by Crippen LogP contribution is -2.31. The van der Waals surface area contributed by atoms with Gasteiger partial charge in [0.1, 0.15) is 17.3 Å². The van der Waals surface area contributed by atoms with Crippen molar-refractivity contribution in [1.29, 1.82) is 0 Å². The molecule has 0 spiro atoms. The van der Waals surface area contributed by atoms with E-state index in [1.807, 2.05) is 12.1 Å². The Hall–Kier alpha value is -3.91. The molecule has 188 valence electrons. The third-order valence-corrected chi connectivity index (χ3v) is 7.52. The molecule has 1 fully saturated rings. The van der Waals surface area contributed by atoms with Crippen LogP contribution < -0.4 is 0 Å². The van der Waals surface area contributed by atoms with Crippen LogP contribution in [-0.4, -0.2) is 42.7 Å². The predicted molar refractivity (Wildman–Crippen MR) is 137 cm³/mol. The Kier molecular flexibility index (Phi) is 6.26. The number of hydrogen-bond acceptors (Lipinski definition) is 5. The normalized spacial score (nSPS) is 19.6. The molecule has 1 aliphatic heterocycles. The molecule has 1 saturated heterocycles. The van der Waals surface area contributed by atoms with Crippen LogP contribution >= 0.6 is 0 Å². The van der Waals surface area contributed by atoms with Gasteiger partial charge in [0.25, 0.3) is 0 Å². The quantitative estimate of drug-likeness (QED) is 0.365. The van der Waals surface area contributed by atoms with Crippen molar-refractivity contribution in [2.24, 2.45) is 0 Å². The van der Waals surface area contributed by atoms with Crippen molar-refractivity contribution in [1.82, 2.24) is 25.1 Å². The zero-order valence-electron chi connectivity index (χ0n) is 20.4. The van der Waals surface area contributed by atoms with E-state index >= 15 is 0 Å². The molecule has 0 unspecified atom stereocenters. The number of aromatic amines is 1. The molecular weight excluding hydrogens is 469 g/mol. The Balaban J connectivity index is 1.27. The molecular formula is C29H28FN5O2. The number of H-pyrrole nitrogens is 1. The number of rotatable bonds is 6. The summed E-state index contributed by atoms with van der Waals surface area (Å²) in [4.78, 5) is 23.2. The number of aromatic nitrogens is 4. The standard InChI is InChI=1S/C29H28FN5O2/c30-21-13-9-18(10-14-21)16-27-32-28(34-33-27)26-8-3-15-35(26)25-7-1-4-19-11-12-20(17-22(19)25)23-5-2-6-24(31-23)29(36)37/h2,5-6,9-14,17,25-26H,1,3-4,7-8,15-16H2,(H,36,37)(H,32,33,34)/t25-,26+/m1/s1. The van der Waals surface area contributed by atoms with Gasteiger partial charge in [-0.25, -0.2) is 19.2 Å². The third kappa shape index (κ3) is 4.76. The minimum absolute atomic E-state index is 0.0485. The van der Waals surface area contributed by atoms with E-state index in [2.05, 4.69) is 32.2 Å². The van der Waals surface area contributed by atoms with Gasteiger partial charge in [0.2, 0.25) is 0 Å². The van der Waals surface area contributed by atoms with Crippen LogP contribution in [0.15, 0.2) is 60.7 Å². The molecule has 37 heavy (non-hydrogen) atoms. The molecule has 7 nitrogen and oxygen atoms in total. The van der Waals surface area contributed by atoms with Gasteiger partial charge in [0.05, 0.1) is 11.7 Å². The summed E-state index contributed by atoms with van der Waals surface area (Å²) in [5, 5.41) is 17.1. The van der Waals surface area contributed by atoms with Gasteiger partial charge in [-0.2, -0.15) is 5.10 Å². The smallest absolute Gasteiger partial charge is 0.354 e. The molecule has 1 aliphatic carbocycles. The fraction of sp³-hybridized carbons (Fsp3) is 0.310.